The van der Waals surface area contributed by atoms with Crippen LogP contribution in [0, 0.1) is 0 Å². The van der Waals surface area contributed by atoms with E-state index in [4.69, 9.17) is 4.74 Å². The summed E-state index contributed by atoms with van der Waals surface area (Å²) in [5.74, 6) is -0.240. The fourth-order valence-corrected chi connectivity index (χ4v) is 2.33. The largest absolute Gasteiger partial charge is 0.462 e. The van der Waals surface area contributed by atoms with Crippen LogP contribution < -0.4 is 5.56 Å². The number of nitrogens with zero attached hydrogens (tertiary/aromatic N) is 3. The predicted molar refractivity (Wildman–Crippen MR) is 83.1 cm³/mol. The number of H-pyrrole nitrogens is 1. The van der Waals surface area contributed by atoms with E-state index in [2.05, 4.69) is 31.0 Å². The minimum absolute atomic E-state index is 0.232. The van der Waals surface area contributed by atoms with Crippen LogP contribution in [0.25, 0.3) is 16.9 Å². The van der Waals surface area contributed by atoms with Crippen LogP contribution in [0.3, 0.4) is 0 Å². The molecule has 2 aromatic heterocycles. The van der Waals surface area contributed by atoms with Crippen LogP contribution >= 0.6 is 15.9 Å². The molecule has 2 heterocycles. The Balaban J connectivity index is 2.05. The van der Waals surface area contributed by atoms with Gasteiger partial charge in [0.05, 0.1) is 29.3 Å². The first-order chi connectivity index (χ1) is 10.6. The molecule has 1 aromatic carbocycles. The number of rotatable bonds is 3. The molecule has 0 fully saturated rings. The summed E-state index contributed by atoms with van der Waals surface area (Å²) in [7, 11) is 0. The van der Waals surface area contributed by atoms with E-state index < -0.39 is 5.97 Å². The van der Waals surface area contributed by atoms with E-state index in [-0.39, 0.29) is 18.1 Å². The third-order valence-corrected chi connectivity index (χ3v) is 3.46. The van der Waals surface area contributed by atoms with Crippen LogP contribution in [0.1, 0.15) is 17.3 Å². The maximum atomic E-state index is 12.1. The van der Waals surface area contributed by atoms with Gasteiger partial charge in [-0.15, -0.1) is 0 Å². The highest BCUT2D eigenvalue weighted by molar-refractivity contribution is 9.10. The molecule has 0 unspecified atom stereocenters. The highest BCUT2D eigenvalue weighted by atomic mass is 79.9. The van der Waals surface area contributed by atoms with Crippen molar-refractivity contribution in [2.75, 3.05) is 6.61 Å². The highest BCUT2D eigenvalue weighted by Crippen LogP contribution is 2.16. The molecule has 3 rings (SSSR count). The SMILES string of the molecule is CCOC(=O)c1cnn(-c2nc3ccc(Br)cc3c(=O)[nH]2)c1. The number of esters is 1. The number of nitrogens with one attached hydrogen (secondary N) is 1. The van der Waals surface area contributed by atoms with Crippen molar-refractivity contribution in [2.24, 2.45) is 0 Å². The lowest BCUT2D eigenvalue weighted by Crippen LogP contribution is -2.13. The first-order valence-electron chi connectivity index (χ1n) is 6.50. The molecule has 0 atom stereocenters. The number of carbonyl (C=O) groups is 1. The van der Waals surface area contributed by atoms with Crippen molar-refractivity contribution < 1.29 is 9.53 Å². The second-order valence-corrected chi connectivity index (χ2v) is 5.36. The summed E-state index contributed by atoms with van der Waals surface area (Å²) in [6, 6.07) is 5.22. The summed E-state index contributed by atoms with van der Waals surface area (Å²) in [4.78, 5) is 30.7. The summed E-state index contributed by atoms with van der Waals surface area (Å²) in [5.41, 5.74) is 0.546. The monoisotopic (exact) mass is 362 g/mol. The number of halogens is 1. The van der Waals surface area contributed by atoms with Crippen molar-refractivity contribution in [2.45, 2.75) is 6.92 Å². The lowest BCUT2D eigenvalue weighted by Gasteiger charge is -2.03. The predicted octanol–water partition coefficient (Wildman–Crippen LogP) is 2.05. The fraction of sp³-hybridized carbons (Fsp3) is 0.143. The molecule has 0 spiro atoms. The molecule has 0 aliphatic carbocycles. The molecule has 7 nitrogen and oxygen atoms in total. The van der Waals surface area contributed by atoms with Gasteiger partial charge in [-0.1, -0.05) is 15.9 Å². The Hall–Kier alpha value is -2.48. The van der Waals surface area contributed by atoms with E-state index in [9.17, 15) is 9.59 Å². The molecule has 0 amide bonds. The lowest BCUT2D eigenvalue weighted by molar-refractivity contribution is 0.0526. The van der Waals surface area contributed by atoms with Crippen molar-refractivity contribution in [3.8, 4) is 5.95 Å². The Morgan fingerprint density at radius 2 is 2.27 bits per heavy atom. The van der Waals surface area contributed by atoms with Gasteiger partial charge in [0.2, 0.25) is 5.95 Å². The van der Waals surface area contributed by atoms with Crippen molar-refractivity contribution in [3.63, 3.8) is 0 Å². The topological polar surface area (TPSA) is 89.9 Å². The van der Waals surface area contributed by atoms with E-state index in [0.717, 1.165) is 4.47 Å². The number of hydrogen-bond acceptors (Lipinski definition) is 5. The number of fused-ring (bicyclic) bond motifs is 1. The Bertz CT molecular complexity index is 916. The minimum Gasteiger partial charge on any atom is -0.462 e. The van der Waals surface area contributed by atoms with Gasteiger partial charge in [-0.2, -0.15) is 5.10 Å². The number of aromatic amines is 1. The third-order valence-electron chi connectivity index (χ3n) is 2.97. The van der Waals surface area contributed by atoms with E-state index in [0.29, 0.717) is 16.5 Å². The molecular weight excluding hydrogens is 352 g/mol. The average Bonchev–Trinajstić information content (AvgIpc) is 2.98. The first-order valence-corrected chi connectivity index (χ1v) is 7.29. The summed E-state index contributed by atoms with van der Waals surface area (Å²) < 4.78 is 7.02. The molecule has 0 bridgehead atoms. The molecule has 8 heteroatoms. The highest BCUT2D eigenvalue weighted by Gasteiger charge is 2.12. The third kappa shape index (κ3) is 2.64. The van der Waals surface area contributed by atoms with Crippen LogP contribution in [-0.4, -0.2) is 32.3 Å². The van der Waals surface area contributed by atoms with Crippen LogP contribution in [0.15, 0.2) is 39.9 Å². The minimum atomic E-state index is -0.471. The molecular formula is C14H11BrN4O3. The van der Waals surface area contributed by atoms with Gasteiger partial charge in [-0.25, -0.2) is 14.5 Å². The molecule has 0 radical (unpaired) electrons. The fourth-order valence-electron chi connectivity index (χ4n) is 1.97. The second kappa shape index (κ2) is 5.72. The van der Waals surface area contributed by atoms with Gasteiger partial charge in [0.15, 0.2) is 0 Å². The normalized spacial score (nSPS) is 10.8. The summed E-state index contributed by atoms with van der Waals surface area (Å²) in [6.45, 7) is 2.01. The molecule has 22 heavy (non-hydrogen) atoms. The first kappa shape index (κ1) is 14.5. The zero-order valence-electron chi connectivity index (χ0n) is 11.5. The smallest absolute Gasteiger partial charge is 0.341 e. The van der Waals surface area contributed by atoms with Crippen LogP contribution in [0.4, 0.5) is 0 Å². The van der Waals surface area contributed by atoms with E-state index in [1.54, 1.807) is 25.1 Å². The van der Waals surface area contributed by atoms with Gasteiger partial charge in [-0.05, 0) is 25.1 Å². The van der Waals surface area contributed by atoms with Crippen molar-refractivity contribution in [1.82, 2.24) is 19.7 Å². The molecule has 3 aromatic rings. The Kier molecular flexibility index (Phi) is 3.76. The molecule has 1 N–H and O–H groups in total. The molecule has 0 saturated carbocycles. The van der Waals surface area contributed by atoms with Gasteiger partial charge >= 0.3 is 5.97 Å². The molecule has 0 saturated heterocycles. The van der Waals surface area contributed by atoms with Crippen molar-refractivity contribution in [3.05, 3.63) is 51.0 Å². The molecule has 112 valence electrons. The van der Waals surface area contributed by atoms with Crippen LogP contribution in [0.5, 0.6) is 0 Å². The summed E-state index contributed by atoms with van der Waals surface area (Å²) in [6.07, 6.45) is 2.82. The number of hydrogen-bond donors (Lipinski definition) is 1. The number of aromatic nitrogens is 4. The van der Waals surface area contributed by atoms with Crippen molar-refractivity contribution in [1.29, 1.82) is 0 Å². The maximum Gasteiger partial charge on any atom is 0.341 e. The molecule has 0 aliphatic rings. The second-order valence-electron chi connectivity index (χ2n) is 4.45. The summed E-state index contributed by atoms with van der Waals surface area (Å²) in [5, 5.41) is 4.50. The Morgan fingerprint density at radius 1 is 1.45 bits per heavy atom. The quantitative estimate of drug-likeness (QED) is 0.720. The molecule has 0 aliphatic heterocycles. The van der Waals surface area contributed by atoms with Crippen LogP contribution in [-0.2, 0) is 4.74 Å². The Morgan fingerprint density at radius 3 is 3.05 bits per heavy atom. The standard InChI is InChI=1S/C14H11BrN4O3/c1-2-22-13(21)8-6-16-19(7-8)14-17-11-4-3-9(15)5-10(11)12(20)18-14/h3-7H,2H2,1H3,(H,17,18,20). The zero-order chi connectivity index (χ0) is 15.7. The van der Waals surface area contributed by atoms with Gasteiger partial charge < -0.3 is 4.74 Å². The Labute approximate surface area is 133 Å². The number of ether oxygens (including phenoxy) is 1. The van der Waals surface area contributed by atoms with Crippen molar-refractivity contribution >= 4 is 32.8 Å². The average molecular weight is 363 g/mol. The van der Waals surface area contributed by atoms with E-state index in [1.807, 2.05) is 0 Å². The van der Waals surface area contributed by atoms with E-state index >= 15 is 0 Å². The number of carbonyl (C=O) groups excluding carboxylic acids is 1. The van der Waals surface area contributed by atoms with Gasteiger partial charge in [0, 0.05) is 10.7 Å². The van der Waals surface area contributed by atoms with Crippen LogP contribution in [0.2, 0.25) is 0 Å². The van der Waals surface area contributed by atoms with Gasteiger partial charge in [-0.3, -0.25) is 9.78 Å². The lowest BCUT2D eigenvalue weighted by atomic mass is 10.2. The summed E-state index contributed by atoms with van der Waals surface area (Å²) >= 11 is 3.31. The van der Waals surface area contributed by atoms with E-state index in [1.165, 1.54) is 17.1 Å². The zero-order valence-corrected chi connectivity index (χ0v) is 13.1. The maximum absolute atomic E-state index is 12.1. The van der Waals surface area contributed by atoms with Gasteiger partial charge in [0.1, 0.15) is 0 Å². The number of benzene rings is 1. The van der Waals surface area contributed by atoms with Gasteiger partial charge in [0.25, 0.3) is 5.56 Å².